The van der Waals surface area contributed by atoms with Crippen molar-refractivity contribution in [3.63, 3.8) is 0 Å². The minimum atomic E-state index is -3.19. The SMILES string of the molecule is CN(CCCNC(=O)c1ccc(N2CCCS2(=O)=O)cc1)c1ccccc1. The summed E-state index contributed by atoms with van der Waals surface area (Å²) in [5.74, 6) is 0.0420. The first-order valence-electron chi connectivity index (χ1n) is 9.12. The third kappa shape index (κ3) is 4.80. The molecule has 144 valence electrons. The van der Waals surface area contributed by atoms with E-state index in [4.69, 9.17) is 0 Å². The number of hydrogen-bond acceptors (Lipinski definition) is 4. The van der Waals surface area contributed by atoms with E-state index < -0.39 is 10.0 Å². The van der Waals surface area contributed by atoms with Crippen LogP contribution in [0.2, 0.25) is 0 Å². The van der Waals surface area contributed by atoms with E-state index in [1.54, 1.807) is 24.3 Å². The summed E-state index contributed by atoms with van der Waals surface area (Å²) in [5.41, 5.74) is 2.30. The summed E-state index contributed by atoms with van der Waals surface area (Å²) in [6.07, 6.45) is 1.48. The quantitative estimate of drug-likeness (QED) is 0.741. The number of rotatable bonds is 7. The number of sulfonamides is 1. The van der Waals surface area contributed by atoms with Gasteiger partial charge in [-0.1, -0.05) is 18.2 Å². The fourth-order valence-electron chi connectivity index (χ4n) is 3.14. The van der Waals surface area contributed by atoms with Crippen LogP contribution in [0.1, 0.15) is 23.2 Å². The first-order valence-corrected chi connectivity index (χ1v) is 10.7. The third-order valence-electron chi connectivity index (χ3n) is 4.67. The van der Waals surface area contributed by atoms with Gasteiger partial charge in [-0.3, -0.25) is 9.10 Å². The van der Waals surface area contributed by atoms with E-state index in [0.29, 0.717) is 30.8 Å². The van der Waals surface area contributed by atoms with Crippen LogP contribution in [-0.4, -0.2) is 46.8 Å². The van der Waals surface area contributed by atoms with Crippen LogP contribution in [0.5, 0.6) is 0 Å². The molecule has 0 unspecified atom stereocenters. The Labute approximate surface area is 160 Å². The molecule has 1 aliphatic heterocycles. The Balaban J connectivity index is 1.47. The van der Waals surface area contributed by atoms with E-state index in [1.165, 1.54) is 4.31 Å². The van der Waals surface area contributed by atoms with Crippen molar-refractivity contribution in [2.45, 2.75) is 12.8 Å². The minimum absolute atomic E-state index is 0.145. The Bertz CT molecular complexity index is 867. The van der Waals surface area contributed by atoms with E-state index in [2.05, 4.69) is 22.3 Å². The van der Waals surface area contributed by atoms with Gasteiger partial charge in [-0.15, -0.1) is 0 Å². The molecule has 1 saturated heterocycles. The summed E-state index contributed by atoms with van der Waals surface area (Å²) in [7, 11) is -1.16. The Morgan fingerprint density at radius 2 is 1.81 bits per heavy atom. The van der Waals surface area contributed by atoms with Crippen LogP contribution in [0, 0.1) is 0 Å². The minimum Gasteiger partial charge on any atom is -0.375 e. The number of nitrogens with one attached hydrogen (secondary N) is 1. The van der Waals surface area contributed by atoms with Crippen LogP contribution in [0.25, 0.3) is 0 Å². The number of benzene rings is 2. The highest BCUT2D eigenvalue weighted by atomic mass is 32.2. The van der Waals surface area contributed by atoms with Crippen molar-refractivity contribution in [2.24, 2.45) is 0 Å². The van der Waals surface area contributed by atoms with Gasteiger partial charge in [-0.2, -0.15) is 0 Å². The molecule has 0 atom stereocenters. The van der Waals surface area contributed by atoms with Gasteiger partial charge < -0.3 is 10.2 Å². The second kappa shape index (κ2) is 8.43. The first-order chi connectivity index (χ1) is 13.0. The summed E-state index contributed by atoms with van der Waals surface area (Å²) >= 11 is 0. The maximum absolute atomic E-state index is 12.3. The smallest absolute Gasteiger partial charge is 0.251 e. The second-order valence-corrected chi connectivity index (χ2v) is 8.67. The maximum Gasteiger partial charge on any atom is 0.251 e. The summed E-state index contributed by atoms with van der Waals surface area (Å²) in [5, 5.41) is 2.91. The Morgan fingerprint density at radius 3 is 2.44 bits per heavy atom. The normalized spacial score (nSPS) is 15.5. The molecule has 7 heteroatoms. The molecule has 0 aliphatic carbocycles. The van der Waals surface area contributed by atoms with Crippen LogP contribution in [0.3, 0.4) is 0 Å². The van der Waals surface area contributed by atoms with Crippen molar-refractivity contribution < 1.29 is 13.2 Å². The van der Waals surface area contributed by atoms with Gasteiger partial charge in [-0.25, -0.2) is 8.42 Å². The molecule has 0 saturated carbocycles. The van der Waals surface area contributed by atoms with E-state index in [1.807, 2.05) is 25.2 Å². The average Bonchev–Trinajstić information content (AvgIpc) is 3.04. The number of amides is 1. The van der Waals surface area contributed by atoms with Gasteiger partial charge in [0, 0.05) is 37.9 Å². The van der Waals surface area contributed by atoms with Gasteiger partial charge in [0.2, 0.25) is 10.0 Å². The highest BCUT2D eigenvalue weighted by Gasteiger charge is 2.28. The van der Waals surface area contributed by atoms with E-state index in [0.717, 1.165) is 18.7 Å². The number of anilines is 2. The zero-order valence-corrected chi connectivity index (χ0v) is 16.3. The van der Waals surface area contributed by atoms with Gasteiger partial charge in [0.05, 0.1) is 11.4 Å². The van der Waals surface area contributed by atoms with Crippen molar-refractivity contribution >= 4 is 27.3 Å². The zero-order chi connectivity index (χ0) is 19.3. The maximum atomic E-state index is 12.3. The van der Waals surface area contributed by atoms with Crippen LogP contribution < -0.4 is 14.5 Å². The monoisotopic (exact) mass is 387 g/mol. The predicted molar refractivity (Wildman–Crippen MR) is 109 cm³/mol. The molecule has 6 nitrogen and oxygen atoms in total. The standard InChI is InChI=1S/C20H25N3O3S/c1-22(18-7-3-2-4-8-18)14-5-13-21-20(24)17-9-11-19(12-10-17)23-15-6-16-27(23,25)26/h2-4,7-12H,5-6,13-16H2,1H3,(H,21,24). The van der Waals surface area contributed by atoms with E-state index >= 15 is 0 Å². The molecule has 2 aromatic rings. The topological polar surface area (TPSA) is 69.7 Å². The fourth-order valence-corrected chi connectivity index (χ4v) is 4.70. The molecular weight excluding hydrogens is 362 g/mol. The number of para-hydroxylation sites is 1. The van der Waals surface area contributed by atoms with Crippen molar-refractivity contribution in [1.82, 2.24) is 5.32 Å². The molecule has 1 N–H and O–H groups in total. The van der Waals surface area contributed by atoms with E-state index in [9.17, 15) is 13.2 Å². The van der Waals surface area contributed by atoms with E-state index in [-0.39, 0.29) is 11.7 Å². The summed E-state index contributed by atoms with van der Waals surface area (Å²) < 4.78 is 25.3. The van der Waals surface area contributed by atoms with Crippen LogP contribution >= 0.6 is 0 Å². The molecule has 1 amide bonds. The molecule has 1 heterocycles. The highest BCUT2D eigenvalue weighted by Crippen LogP contribution is 2.24. The van der Waals surface area contributed by atoms with Gasteiger partial charge in [0.25, 0.3) is 5.91 Å². The molecule has 27 heavy (non-hydrogen) atoms. The Morgan fingerprint density at radius 1 is 1.11 bits per heavy atom. The van der Waals surface area contributed by atoms with Crippen molar-refractivity contribution in [2.75, 3.05) is 41.6 Å². The fraction of sp³-hybridized carbons (Fsp3) is 0.350. The Kier molecular flexibility index (Phi) is 6.01. The molecule has 0 radical (unpaired) electrons. The molecule has 0 spiro atoms. The number of carbonyl (C=O) groups excluding carboxylic acids is 1. The highest BCUT2D eigenvalue weighted by molar-refractivity contribution is 7.93. The van der Waals surface area contributed by atoms with Crippen LogP contribution in [-0.2, 0) is 10.0 Å². The molecule has 2 aromatic carbocycles. The molecule has 3 rings (SSSR count). The second-order valence-electron chi connectivity index (χ2n) is 6.66. The predicted octanol–water partition coefficient (Wildman–Crippen LogP) is 2.48. The summed E-state index contributed by atoms with van der Waals surface area (Å²) in [6.45, 7) is 1.93. The lowest BCUT2D eigenvalue weighted by Crippen LogP contribution is -2.28. The largest absolute Gasteiger partial charge is 0.375 e. The summed E-state index contributed by atoms with van der Waals surface area (Å²) in [4.78, 5) is 14.4. The van der Waals surface area contributed by atoms with Crippen LogP contribution in [0.4, 0.5) is 11.4 Å². The molecule has 1 aliphatic rings. The van der Waals surface area contributed by atoms with Gasteiger partial charge >= 0.3 is 0 Å². The molecule has 1 fully saturated rings. The lowest BCUT2D eigenvalue weighted by Gasteiger charge is -2.19. The number of hydrogen-bond donors (Lipinski definition) is 1. The lowest BCUT2D eigenvalue weighted by atomic mass is 10.2. The number of nitrogens with zero attached hydrogens (tertiary/aromatic N) is 2. The summed E-state index contributed by atoms with van der Waals surface area (Å²) in [6, 6.07) is 16.9. The molecular formula is C20H25N3O3S. The zero-order valence-electron chi connectivity index (χ0n) is 15.5. The molecule has 0 aromatic heterocycles. The lowest BCUT2D eigenvalue weighted by molar-refractivity contribution is 0.0953. The van der Waals surface area contributed by atoms with Gasteiger partial charge in [0.15, 0.2) is 0 Å². The van der Waals surface area contributed by atoms with Gasteiger partial charge in [-0.05, 0) is 49.2 Å². The number of carbonyl (C=O) groups is 1. The first kappa shape index (κ1) is 19.2. The Hall–Kier alpha value is -2.54. The van der Waals surface area contributed by atoms with Gasteiger partial charge in [0.1, 0.15) is 0 Å². The third-order valence-corrected chi connectivity index (χ3v) is 6.54. The molecule has 0 bridgehead atoms. The van der Waals surface area contributed by atoms with Crippen LogP contribution in [0.15, 0.2) is 54.6 Å². The van der Waals surface area contributed by atoms with Crippen molar-refractivity contribution in [1.29, 1.82) is 0 Å². The average molecular weight is 388 g/mol. The van der Waals surface area contributed by atoms with Crippen molar-refractivity contribution in [3.8, 4) is 0 Å². The van der Waals surface area contributed by atoms with Crippen molar-refractivity contribution in [3.05, 3.63) is 60.2 Å².